The van der Waals surface area contributed by atoms with Crippen molar-refractivity contribution in [2.75, 3.05) is 0 Å². The van der Waals surface area contributed by atoms with Gasteiger partial charge in [0.05, 0.1) is 0 Å². The van der Waals surface area contributed by atoms with Gasteiger partial charge in [0.25, 0.3) is 0 Å². The second kappa shape index (κ2) is 4.60. The third kappa shape index (κ3) is 3.23. The first-order chi connectivity index (χ1) is 6.22. The summed E-state index contributed by atoms with van der Waals surface area (Å²) in [5.41, 5.74) is 0. The van der Waals surface area contributed by atoms with Crippen molar-refractivity contribution in [3.05, 3.63) is 30.1 Å². The number of carbonyl (C=O) groups is 1. The molecule has 0 N–H and O–H groups in total. The van der Waals surface area contributed by atoms with Gasteiger partial charge in [-0.1, -0.05) is 6.07 Å². The number of aldehydes is 1. The maximum Gasteiger partial charge on any atom is 0.126 e. The van der Waals surface area contributed by atoms with E-state index in [9.17, 15) is 9.18 Å². The van der Waals surface area contributed by atoms with Crippen molar-refractivity contribution in [1.82, 2.24) is 0 Å². The van der Waals surface area contributed by atoms with Gasteiger partial charge in [-0.05, 0) is 19.1 Å². The molecule has 0 aliphatic rings. The highest BCUT2D eigenvalue weighted by atomic mass is 19.1. The summed E-state index contributed by atoms with van der Waals surface area (Å²) in [6, 6.07) is 5.86. The number of carbonyl (C=O) groups excluding carboxylic acids is 1. The first-order valence-corrected chi connectivity index (χ1v) is 4.08. The predicted octanol–water partition coefficient (Wildman–Crippen LogP) is 2.18. The summed E-state index contributed by atoms with van der Waals surface area (Å²) in [5, 5.41) is 0. The summed E-state index contributed by atoms with van der Waals surface area (Å²) in [7, 11) is 0. The van der Waals surface area contributed by atoms with Gasteiger partial charge in [0.2, 0.25) is 0 Å². The van der Waals surface area contributed by atoms with Crippen LogP contribution in [0.2, 0.25) is 0 Å². The molecule has 1 unspecified atom stereocenters. The molecule has 0 bridgehead atoms. The van der Waals surface area contributed by atoms with E-state index in [1.165, 1.54) is 12.1 Å². The molecule has 0 aromatic heterocycles. The van der Waals surface area contributed by atoms with Crippen LogP contribution < -0.4 is 4.74 Å². The van der Waals surface area contributed by atoms with Crippen LogP contribution >= 0.6 is 0 Å². The Bertz CT molecular complexity index is 286. The second-order valence-electron chi connectivity index (χ2n) is 2.79. The van der Waals surface area contributed by atoms with Crippen molar-refractivity contribution >= 4 is 6.29 Å². The molecule has 0 fully saturated rings. The first-order valence-electron chi connectivity index (χ1n) is 4.08. The van der Waals surface area contributed by atoms with E-state index in [-0.39, 0.29) is 11.9 Å². The van der Waals surface area contributed by atoms with Gasteiger partial charge in [-0.3, -0.25) is 0 Å². The van der Waals surface area contributed by atoms with Gasteiger partial charge in [-0.2, -0.15) is 0 Å². The third-order valence-electron chi connectivity index (χ3n) is 1.56. The Labute approximate surface area is 76.3 Å². The van der Waals surface area contributed by atoms with E-state index < -0.39 is 0 Å². The molecule has 1 aromatic carbocycles. The zero-order chi connectivity index (χ0) is 9.68. The highest BCUT2D eigenvalue weighted by Crippen LogP contribution is 2.14. The zero-order valence-electron chi connectivity index (χ0n) is 7.37. The smallest absolute Gasteiger partial charge is 0.126 e. The molecule has 2 nitrogen and oxygen atoms in total. The van der Waals surface area contributed by atoms with Crippen LogP contribution in [-0.2, 0) is 4.79 Å². The quantitative estimate of drug-likeness (QED) is 0.667. The molecule has 1 rings (SSSR count). The fraction of sp³-hybridized carbons (Fsp3) is 0.300. The van der Waals surface area contributed by atoms with Crippen LogP contribution in [0, 0.1) is 5.82 Å². The van der Waals surface area contributed by atoms with E-state index in [1.807, 2.05) is 0 Å². The molecular formula is C10H11FO2. The van der Waals surface area contributed by atoms with E-state index in [2.05, 4.69) is 0 Å². The van der Waals surface area contributed by atoms with Crippen LogP contribution in [0.5, 0.6) is 5.75 Å². The summed E-state index contributed by atoms with van der Waals surface area (Å²) < 4.78 is 17.9. The minimum atomic E-state index is -0.337. The van der Waals surface area contributed by atoms with Gasteiger partial charge >= 0.3 is 0 Å². The standard InChI is InChI=1S/C10H11FO2/c1-8(5-6-12)13-10-4-2-3-9(11)7-10/h2-4,6-8H,5H2,1H3. The topological polar surface area (TPSA) is 26.3 Å². The molecule has 0 amide bonds. The lowest BCUT2D eigenvalue weighted by Gasteiger charge is -2.11. The average molecular weight is 182 g/mol. The van der Waals surface area contributed by atoms with Gasteiger partial charge < -0.3 is 9.53 Å². The zero-order valence-corrected chi connectivity index (χ0v) is 7.37. The maximum atomic E-state index is 12.7. The Hall–Kier alpha value is -1.38. The monoisotopic (exact) mass is 182 g/mol. The Morgan fingerprint density at radius 2 is 2.38 bits per heavy atom. The number of ether oxygens (including phenoxy) is 1. The fourth-order valence-electron chi connectivity index (χ4n) is 0.956. The van der Waals surface area contributed by atoms with E-state index in [0.29, 0.717) is 12.2 Å². The Kier molecular flexibility index (Phi) is 3.43. The van der Waals surface area contributed by atoms with Crippen LogP contribution in [0.3, 0.4) is 0 Å². The molecule has 1 aromatic rings. The van der Waals surface area contributed by atoms with Crippen LogP contribution in [0.15, 0.2) is 24.3 Å². The molecule has 70 valence electrons. The Morgan fingerprint density at radius 3 is 3.00 bits per heavy atom. The molecule has 0 radical (unpaired) electrons. The number of benzene rings is 1. The maximum absolute atomic E-state index is 12.7. The largest absolute Gasteiger partial charge is 0.490 e. The normalized spacial score (nSPS) is 12.2. The predicted molar refractivity (Wildman–Crippen MR) is 47.2 cm³/mol. The molecule has 0 saturated carbocycles. The fourth-order valence-corrected chi connectivity index (χ4v) is 0.956. The minimum Gasteiger partial charge on any atom is -0.490 e. The molecule has 0 heterocycles. The van der Waals surface area contributed by atoms with Gasteiger partial charge in [0, 0.05) is 12.5 Å². The van der Waals surface area contributed by atoms with Crippen LogP contribution in [0.4, 0.5) is 4.39 Å². The average Bonchev–Trinajstić information content (AvgIpc) is 2.04. The molecule has 3 heteroatoms. The van der Waals surface area contributed by atoms with Crippen molar-refractivity contribution in [2.45, 2.75) is 19.4 Å². The molecule has 0 spiro atoms. The van der Waals surface area contributed by atoms with Crippen molar-refractivity contribution in [3.8, 4) is 5.75 Å². The van der Waals surface area contributed by atoms with Crippen molar-refractivity contribution in [1.29, 1.82) is 0 Å². The number of hydrogen-bond acceptors (Lipinski definition) is 2. The first kappa shape index (κ1) is 9.71. The summed E-state index contributed by atoms with van der Waals surface area (Å²) >= 11 is 0. The lowest BCUT2D eigenvalue weighted by Crippen LogP contribution is -2.11. The van der Waals surface area contributed by atoms with Crippen LogP contribution in [-0.4, -0.2) is 12.4 Å². The van der Waals surface area contributed by atoms with Gasteiger partial charge in [0.15, 0.2) is 0 Å². The molecule has 13 heavy (non-hydrogen) atoms. The van der Waals surface area contributed by atoms with E-state index in [1.54, 1.807) is 19.1 Å². The van der Waals surface area contributed by atoms with Gasteiger partial charge in [0.1, 0.15) is 24.0 Å². The highest BCUT2D eigenvalue weighted by Gasteiger charge is 2.02. The van der Waals surface area contributed by atoms with Gasteiger partial charge in [-0.15, -0.1) is 0 Å². The molecular weight excluding hydrogens is 171 g/mol. The Morgan fingerprint density at radius 1 is 1.62 bits per heavy atom. The lowest BCUT2D eigenvalue weighted by atomic mass is 10.3. The lowest BCUT2D eigenvalue weighted by molar-refractivity contribution is -0.109. The number of hydrogen-bond donors (Lipinski definition) is 0. The molecule has 0 aliphatic heterocycles. The number of halogens is 1. The van der Waals surface area contributed by atoms with E-state index in [0.717, 1.165) is 6.29 Å². The molecule has 0 saturated heterocycles. The minimum absolute atomic E-state index is 0.209. The summed E-state index contributed by atoms with van der Waals surface area (Å²) in [4.78, 5) is 10.1. The van der Waals surface area contributed by atoms with Crippen molar-refractivity contribution < 1.29 is 13.9 Å². The third-order valence-corrected chi connectivity index (χ3v) is 1.56. The molecule has 0 aliphatic carbocycles. The second-order valence-corrected chi connectivity index (χ2v) is 2.79. The van der Waals surface area contributed by atoms with Crippen molar-refractivity contribution in [2.24, 2.45) is 0 Å². The highest BCUT2D eigenvalue weighted by molar-refractivity contribution is 5.50. The van der Waals surface area contributed by atoms with Crippen LogP contribution in [0.25, 0.3) is 0 Å². The van der Waals surface area contributed by atoms with Crippen LogP contribution in [0.1, 0.15) is 13.3 Å². The molecule has 1 atom stereocenters. The Balaban J connectivity index is 2.58. The SMILES string of the molecule is CC(CC=O)Oc1cccc(F)c1. The van der Waals surface area contributed by atoms with E-state index >= 15 is 0 Å². The van der Waals surface area contributed by atoms with E-state index in [4.69, 9.17) is 4.74 Å². The summed E-state index contributed by atoms with van der Waals surface area (Å²) in [6.45, 7) is 1.76. The summed E-state index contributed by atoms with van der Waals surface area (Å²) in [6.07, 6.45) is 0.889. The van der Waals surface area contributed by atoms with Gasteiger partial charge in [-0.25, -0.2) is 4.39 Å². The van der Waals surface area contributed by atoms with Crippen molar-refractivity contribution in [3.63, 3.8) is 0 Å². The summed E-state index contributed by atoms with van der Waals surface area (Å²) in [5.74, 6) is 0.116. The number of rotatable bonds is 4.